The molecule has 3 heterocycles. The van der Waals surface area contributed by atoms with Gasteiger partial charge in [0.1, 0.15) is 11.3 Å². The third-order valence-electron chi connectivity index (χ3n) is 6.92. The van der Waals surface area contributed by atoms with E-state index in [4.69, 9.17) is 16.6 Å². The van der Waals surface area contributed by atoms with Gasteiger partial charge >= 0.3 is 0 Å². The van der Waals surface area contributed by atoms with E-state index in [0.717, 1.165) is 49.5 Å². The molecule has 5 rings (SSSR count). The first kappa shape index (κ1) is 26.8. The molecule has 204 valence electrons. The van der Waals surface area contributed by atoms with Crippen molar-refractivity contribution in [1.82, 2.24) is 29.7 Å². The number of fused-ring (bicyclic) bond motifs is 1. The van der Waals surface area contributed by atoms with Crippen molar-refractivity contribution in [2.75, 3.05) is 49.5 Å². The maximum atomic E-state index is 14.3. The standard InChI is InChI=1S/C28H32ClFN8O/c1-3-31-24(39)10-11-37-12-14-38(15-13-37)22-8-5-19(6-9-22)26-34-27(25-28(35-26)33-18-36(25)2)32-17-20-4-7-21(29)16-23(20)30/h4-9,16,18H,3,10-15,17H2,1-2H3,(H,31,39)(H,32,34,35). The van der Waals surface area contributed by atoms with E-state index in [1.165, 1.54) is 6.07 Å². The van der Waals surface area contributed by atoms with Crippen LogP contribution in [0.2, 0.25) is 5.02 Å². The summed E-state index contributed by atoms with van der Waals surface area (Å²) in [6.45, 7) is 7.28. The summed E-state index contributed by atoms with van der Waals surface area (Å²) in [4.78, 5) is 30.3. The lowest BCUT2D eigenvalue weighted by Crippen LogP contribution is -2.47. The molecule has 1 aliphatic rings. The van der Waals surface area contributed by atoms with Crippen molar-refractivity contribution in [2.45, 2.75) is 19.9 Å². The molecule has 2 N–H and O–H groups in total. The van der Waals surface area contributed by atoms with Crippen LogP contribution in [0.5, 0.6) is 0 Å². The van der Waals surface area contributed by atoms with Gasteiger partial charge in [-0.25, -0.2) is 19.3 Å². The largest absolute Gasteiger partial charge is 0.369 e. The SMILES string of the molecule is CCNC(=O)CCN1CCN(c2ccc(-c3nc(NCc4ccc(Cl)cc4F)c4c(ncn4C)n3)cc2)CC1. The number of imidazole rings is 1. The number of benzene rings is 2. The molecule has 0 atom stereocenters. The number of aryl methyl sites for hydroxylation is 1. The number of anilines is 2. The number of rotatable bonds is 9. The summed E-state index contributed by atoms with van der Waals surface area (Å²) >= 11 is 5.90. The number of nitrogens with zero attached hydrogens (tertiary/aromatic N) is 6. The zero-order valence-electron chi connectivity index (χ0n) is 22.1. The van der Waals surface area contributed by atoms with Gasteiger partial charge in [-0.15, -0.1) is 0 Å². The molecule has 39 heavy (non-hydrogen) atoms. The van der Waals surface area contributed by atoms with Crippen LogP contribution in [-0.4, -0.2) is 69.6 Å². The third kappa shape index (κ3) is 6.29. The summed E-state index contributed by atoms with van der Waals surface area (Å²) in [5, 5.41) is 6.47. The first-order valence-electron chi connectivity index (χ1n) is 13.1. The van der Waals surface area contributed by atoms with Gasteiger partial charge in [0.05, 0.1) is 6.33 Å². The zero-order chi connectivity index (χ0) is 27.4. The average molecular weight is 551 g/mol. The second-order valence-electron chi connectivity index (χ2n) is 9.59. The molecule has 1 amide bonds. The number of carbonyl (C=O) groups excluding carboxylic acids is 1. The Morgan fingerprint density at radius 3 is 2.56 bits per heavy atom. The normalized spacial score (nSPS) is 14.1. The van der Waals surface area contributed by atoms with Gasteiger partial charge in [-0.2, -0.15) is 0 Å². The molecule has 0 spiro atoms. The predicted molar refractivity (Wildman–Crippen MR) is 152 cm³/mol. The minimum atomic E-state index is -0.371. The lowest BCUT2D eigenvalue weighted by molar-refractivity contribution is -0.121. The van der Waals surface area contributed by atoms with E-state index in [0.29, 0.717) is 40.8 Å². The van der Waals surface area contributed by atoms with Crippen molar-refractivity contribution in [3.63, 3.8) is 0 Å². The van der Waals surface area contributed by atoms with Gasteiger partial charge in [-0.1, -0.05) is 17.7 Å². The molecule has 0 bridgehead atoms. The van der Waals surface area contributed by atoms with Crippen molar-refractivity contribution in [3.8, 4) is 11.4 Å². The topological polar surface area (TPSA) is 91.2 Å². The van der Waals surface area contributed by atoms with Gasteiger partial charge in [0.15, 0.2) is 17.3 Å². The minimum Gasteiger partial charge on any atom is -0.369 e. The Balaban J connectivity index is 1.28. The van der Waals surface area contributed by atoms with Gasteiger partial charge in [0.2, 0.25) is 5.91 Å². The zero-order valence-corrected chi connectivity index (χ0v) is 22.9. The lowest BCUT2D eigenvalue weighted by Gasteiger charge is -2.36. The maximum Gasteiger partial charge on any atom is 0.221 e. The Labute approximate surface area is 232 Å². The number of halogens is 2. The first-order chi connectivity index (χ1) is 18.9. The number of amides is 1. The van der Waals surface area contributed by atoms with Crippen molar-refractivity contribution < 1.29 is 9.18 Å². The van der Waals surface area contributed by atoms with Gasteiger partial charge in [-0.05, 0) is 43.3 Å². The number of hydrogen-bond acceptors (Lipinski definition) is 7. The highest BCUT2D eigenvalue weighted by Crippen LogP contribution is 2.27. The number of aromatic nitrogens is 4. The Bertz CT molecular complexity index is 1450. The summed E-state index contributed by atoms with van der Waals surface area (Å²) in [5.74, 6) is 0.861. The minimum absolute atomic E-state index is 0.108. The van der Waals surface area contributed by atoms with Crippen LogP contribution in [-0.2, 0) is 18.4 Å². The number of nitrogens with one attached hydrogen (secondary N) is 2. The number of carbonyl (C=O) groups is 1. The Kier molecular flexibility index (Phi) is 8.23. The van der Waals surface area contributed by atoms with Crippen LogP contribution in [0.3, 0.4) is 0 Å². The fourth-order valence-electron chi connectivity index (χ4n) is 4.75. The quantitative estimate of drug-likeness (QED) is 0.324. The molecule has 0 aliphatic carbocycles. The predicted octanol–water partition coefficient (Wildman–Crippen LogP) is 4.08. The fourth-order valence-corrected chi connectivity index (χ4v) is 4.91. The summed E-state index contributed by atoms with van der Waals surface area (Å²) in [6.07, 6.45) is 2.23. The van der Waals surface area contributed by atoms with Crippen LogP contribution in [0.15, 0.2) is 48.8 Å². The molecular weight excluding hydrogens is 519 g/mol. The summed E-state index contributed by atoms with van der Waals surface area (Å²) < 4.78 is 16.2. The van der Waals surface area contributed by atoms with Crippen LogP contribution in [0.1, 0.15) is 18.9 Å². The van der Waals surface area contributed by atoms with Crippen molar-refractivity contribution in [2.24, 2.45) is 7.05 Å². The van der Waals surface area contributed by atoms with Crippen molar-refractivity contribution in [1.29, 1.82) is 0 Å². The molecule has 2 aromatic heterocycles. The van der Waals surface area contributed by atoms with Crippen molar-refractivity contribution >= 4 is 40.2 Å². The van der Waals surface area contributed by atoms with E-state index in [-0.39, 0.29) is 18.3 Å². The number of piperazine rings is 1. The lowest BCUT2D eigenvalue weighted by atomic mass is 10.1. The van der Waals surface area contributed by atoms with Gasteiger partial charge in [-0.3, -0.25) is 9.69 Å². The summed E-state index contributed by atoms with van der Waals surface area (Å²) in [6, 6.07) is 12.8. The molecule has 1 fully saturated rings. The highest BCUT2D eigenvalue weighted by molar-refractivity contribution is 6.30. The average Bonchev–Trinajstić information content (AvgIpc) is 3.32. The molecule has 0 unspecified atom stereocenters. The van der Waals surface area contributed by atoms with Crippen LogP contribution in [0.25, 0.3) is 22.6 Å². The van der Waals surface area contributed by atoms with Crippen LogP contribution in [0.4, 0.5) is 15.9 Å². The van der Waals surface area contributed by atoms with E-state index in [2.05, 4.69) is 42.5 Å². The third-order valence-corrected chi connectivity index (χ3v) is 7.16. The second kappa shape index (κ2) is 12.0. The van der Waals surface area contributed by atoms with E-state index < -0.39 is 0 Å². The van der Waals surface area contributed by atoms with Crippen LogP contribution >= 0.6 is 11.6 Å². The molecule has 11 heteroatoms. The molecular formula is C28H32ClFN8O. The van der Waals surface area contributed by atoms with E-state index in [1.54, 1.807) is 18.5 Å². The van der Waals surface area contributed by atoms with Crippen molar-refractivity contribution in [3.05, 3.63) is 65.2 Å². The molecule has 0 radical (unpaired) electrons. The second-order valence-corrected chi connectivity index (χ2v) is 10.0. The molecule has 1 saturated heterocycles. The van der Waals surface area contributed by atoms with Crippen LogP contribution < -0.4 is 15.5 Å². The molecule has 9 nitrogen and oxygen atoms in total. The molecule has 0 saturated carbocycles. The molecule has 2 aromatic carbocycles. The smallest absolute Gasteiger partial charge is 0.221 e. The monoisotopic (exact) mass is 550 g/mol. The van der Waals surface area contributed by atoms with Gasteiger partial charge in [0.25, 0.3) is 0 Å². The first-order valence-corrected chi connectivity index (χ1v) is 13.5. The summed E-state index contributed by atoms with van der Waals surface area (Å²) in [7, 11) is 1.88. The number of hydrogen-bond donors (Lipinski definition) is 2. The van der Waals surface area contributed by atoms with Gasteiger partial charge < -0.3 is 20.1 Å². The Hall–Kier alpha value is -3.76. The maximum absolute atomic E-state index is 14.3. The van der Waals surface area contributed by atoms with Gasteiger partial charge in [0, 0.05) is 81.1 Å². The van der Waals surface area contributed by atoms with Crippen LogP contribution in [0, 0.1) is 5.82 Å². The molecule has 4 aromatic rings. The highest BCUT2D eigenvalue weighted by Gasteiger charge is 2.19. The van der Waals surface area contributed by atoms with E-state index in [9.17, 15) is 9.18 Å². The van der Waals surface area contributed by atoms with E-state index >= 15 is 0 Å². The Morgan fingerprint density at radius 1 is 1.08 bits per heavy atom. The molecule has 1 aliphatic heterocycles. The summed E-state index contributed by atoms with van der Waals surface area (Å²) in [5.41, 5.74) is 3.80. The van der Waals surface area contributed by atoms with E-state index in [1.807, 2.05) is 30.7 Å². The highest BCUT2D eigenvalue weighted by atomic mass is 35.5. The fraction of sp³-hybridized carbons (Fsp3) is 0.357. The Morgan fingerprint density at radius 2 is 1.85 bits per heavy atom.